The zero-order valence-corrected chi connectivity index (χ0v) is 15.8. The third-order valence-electron chi connectivity index (χ3n) is 5.66. The summed E-state index contributed by atoms with van der Waals surface area (Å²) in [5.41, 5.74) is 10.2. The fourth-order valence-electron chi connectivity index (χ4n) is 4.23. The average Bonchev–Trinajstić information content (AvgIpc) is 3.24. The molecule has 5 heteroatoms. The van der Waals surface area contributed by atoms with Crippen LogP contribution in [0.2, 0.25) is 0 Å². The number of nitrogens with zero attached hydrogens (tertiary/aromatic N) is 1. The van der Waals surface area contributed by atoms with Crippen LogP contribution in [0.4, 0.5) is 0 Å². The minimum Gasteiger partial charge on any atom is -0.358 e. The molecular weight excluding hydrogens is 348 g/mol. The Balaban J connectivity index is 1.39. The van der Waals surface area contributed by atoms with Gasteiger partial charge in [-0.05, 0) is 62.4 Å². The maximum absolute atomic E-state index is 12.6. The molecule has 5 rings (SSSR count). The number of fused-ring (bicyclic) bond motifs is 4. The number of nitrogens with one attached hydrogen (secondary N) is 3. The van der Waals surface area contributed by atoms with E-state index in [0.29, 0.717) is 5.56 Å². The first kappa shape index (κ1) is 16.8. The SMILES string of the molecule is Cc1[nH]c2ccccc2c1/C=N\NC(=O)c1ccc2[nH]c3c(c2c1)CCCC3. The van der Waals surface area contributed by atoms with Crippen LogP contribution in [0.15, 0.2) is 47.6 Å². The molecule has 0 aliphatic heterocycles. The largest absolute Gasteiger partial charge is 0.358 e. The number of benzene rings is 2. The molecule has 2 aromatic carbocycles. The van der Waals surface area contributed by atoms with Crippen molar-refractivity contribution < 1.29 is 4.79 Å². The highest BCUT2D eigenvalue weighted by Crippen LogP contribution is 2.29. The van der Waals surface area contributed by atoms with Crippen molar-refractivity contribution in [3.8, 4) is 0 Å². The van der Waals surface area contributed by atoms with Crippen molar-refractivity contribution in [1.82, 2.24) is 15.4 Å². The van der Waals surface area contributed by atoms with Gasteiger partial charge in [0, 0.05) is 44.3 Å². The summed E-state index contributed by atoms with van der Waals surface area (Å²) in [5, 5.41) is 6.47. The Labute approximate surface area is 162 Å². The molecular formula is C23H22N4O. The van der Waals surface area contributed by atoms with Crippen LogP contribution in [0, 0.1) is 6.92 Å². The molecule has 0 radical (unpaired) electrons. The van der Waals surface area contributed by atoms with Crippen LogP contribution in [0.25, 0.3) is 21.8 Å². The van der Waals surface area contributed by atoms with Crippen molar-refractivity contribution in [2.24, 2.45) is 5.10 Å². The van der Waals surface area contributed by atoms with E-state index in [1.807, 2.05) is 49.4 Å². The standard InChI is InChI=1S/C23H22N4O/c1-14-19(17-7-3-4-8-20(17)25-14)13-24-27-23(28)15-10-11-22-18(12-15)16-6-2-5-9-21(16)26-22/h3-4,7-8,10-13,25-26H,2,5-6,9H2,1H3,(H,27,28)/b24-13-. The summed E-state index contributed by atoms with van der Waals surface area (Å²) in [6.07, 6.45) is 6.33. The number of aromatic nitrogens is 2. The number of para-hydroxylation sites is 1. The van der Waals surface area contributed by atoms with Gasteiger partial charge in [0.2, 0.25) is 0 Å². The van der Waals surface area contributed by atoms with E-state index in [2.05, 4.69) is 20.5 Å². The van der Waals surface area contributed by atoms with Gasteiger partial charge in [-0.2, -0.15) is 5.10 Å². The van der Waals surface area contributed by atoms with Crippen LogP contribution in [0.1, 0.15) is 45.7 Å². The first-order valence-corrected chi connectivity index (χ1v) is 9.75. The van der Waals surface area contributed by atoms with Gasteiger partial charge < -0.3 is 9.97 Å². The second-order valence-electron chi connectivity index (χ2n) is 7.46. The van der Waals surface area contributed by atoms with Gasteiger partial charge in [-0.3, -0.25) is 4.79 Å². The molecule has 1 aliphatic rings. The van der Waals surface area contributed by atoms with E-state index >= 15 is 0 Å². The van der Waals surface area contributed by atoms with Gasteiger partial charge >= 0.3 is 0 Å². The second kappa shape index (κ2) is 6.68. The van der Waals surface area contributed by atoms with E-state index in [0.717, 1.165) is 40.5 Å². The zero-order valence-electron chi connectivity index (χ0n) is 15.8. The van der Waals surface area contributed by atoms with E-state index < -0.39 is 0 Å². The van der Waals surface area contributed by atoms with Crippen LogP contribution in [0.5, 0.6) is 0 Å². The molecule has 0 unspecified atom stereocenters. The molecule has 2 aromatic heterocycles. The smallest absolute Gasteiger partial charge is 0.271 e. The van der Waals surface area contributed by atoms with E-state index in [-0.39, 0.29) is 5.91 Å². The number of hydrazone groups is 1. The number of hydrogen-bond acceptors (Lipinski definition) is 2. The van der Waals surface area contributed by atoms with Crippen molar-refractivity contribution in [3.05, 3.63) is 70.5 Å². The summed E-state index contributed by atoms with van der Waals surface area (Å²) in [6.45, 7) is 2.01. The highest BCUT2D eigenvalue weighted by molar-refractivity contribution is 6.02. The molecule has 0 bridgehead atoms. The number of amides is 1. The molecule has 2 heterocycles. The quantitative estimate of drug-likeness (QED) is 0.358. The lowest BCUT2D eigenvalue weighted by molar-refractivity contribution is 0.0955. The maximum Gasteiger partial charge on any atom is 0.271 e. The molecule has 5 nitrogen and oxygen atoms in total. The van der Waals surface area contributed by atoms with Crippen LogP contribution in [-0.2, 0) is 12.8 Å². The molecule has 4 aromatic rings. The van der Waals surface area contributed by atoms with Gasteiger partial charge in [0.25, 0.3) is 5.91 Å². The number of hydrogen-bond donors (Lipinski definition) is 3. The second-order valence-corrected chi connectivity index (χ2v) is 7.46. The predicted molar refractivity (Wildman–Crippen MR) is 113 cm³/mol. The summed E-state index contributed by atoms with van der Waals surface area (Å²) >= 11 is 0. The average molecular weight is 370 g/mol. The van der Waals surface area contributed by atoms with E-state index in [1.54, 1.807) is 6.21 Å². The summed E-state index contributed by atoms with van der Waals surface area (Å²) in [4.78, 5) is 19.5. The van der Waals surface area contributed by atoms with Crippen molar-refractivity contribution >= 4 is 33.9 Å². The molecule has 1 amide bonds. The van der Waals surface area contributed by atoms with Crippen LogP contribution >= 0.6 is 0 Å². The van der Waals surface area contributed by atoms with Crippen molar-refractivity contribution in [2.45, 2.75) is 32.6 Å². The lowest BCUT2D eigenvalue weighted by Gasteiger charge is -2.10. The first-order valence-electron chi connectivity index (χ1n) is 9.75. The molecule has 0 atom stereocenters. The Bertz CT molecular complexity index is 1230. The predicted octanol–water partition coefficient (Wildman–Crippen LogP) is 4.60. The maximum atomic E-state index is 12.6. The number of carbonyl (C=O) groups excluding carboxylic acids is 1. The van der Waals surface area contributed by atoms with E-state index in [4.69, 9.17) is 0 Å². The van der Waals surface area contributed by atoms with Crippen molar-refractivity contribution in [3.63, 3.8) is 0 Å². The van der Waals surface area contributed by atoms with Crippen LogP contribution < -0.4 is 5.43 Å². The number of carbonyl (C=O) groups is 1. The molecule has 28 heavy (non-hydrogen) atoms. The van der Waals surface area contributed by atoms with Crippen molar-refractivity contribution in [1.29, 1.82) is 0 Å². The van der Waals surface area contributed by atoms with Gasteiger partial charge in [-0.1, -0.05) is 18.2 Å². The molecule has 1 aliphatic carbocycles. The zero-order chi connectivity index (χ0) is 19.1. The van der Waals surface area contributed by atoms with E-state index in [1.165, 1.54) is 29.5 Å². The Kier molecular flexibility index (Phi) is 4.01. The molecule has 0 saturated carbocycles. The summed E-state index contributed by atoms with van der Waals surface area (Å²) in [7, 11) is 0. The molecule has 0 saturated heterocycles. The number of H-pyrrole nitrogens is 2. The minimum atomic E-state index is -0.193. The van der Waals surface area contributed by atoms with Gasteiger partial charge in [-0.25, -0.2) is 5.43 Å². The molecule has 0 spiro atoms. The van der Waals surface area contributed by atoms with Gasteiger partial charge in [0.05, 0.1) is 6.21 Å². The highest BCUT2D eigenvalue weighted by atomic mass is 16.2. The monoisotopic (exact) mass is 370 g/mol. The highest BCUT2D eigenvalue weighted by Gasteiger charge is 2.16. The fourth-order valence-corrected chi connectivity index (χ4v) is 4.23. The molecule has 0 fully saturated rings. The third kappa shape index (κ3) is 2.80. The van der Waals surface area contributed by atoms with Gasteiger partial charge in [0.1, 0.15) is 0 Å². The lowest BCUT2D eigenvalue weighted by atomic mass is 9.95. The Morgan fingerprint density at radius 2 is 1.86 bits per heavy atom. The normalized spacial score (nSPS) is 14.0. The number of aromatic amines is 2. The number of aryl methyl sites for hydroxylation is 3. The Morgan fingerprint density at radius 1 is 1.04 bits per heavy atom. The van der Waals surface area contributed by atoms with E-state index in [9.17, 15) is 4.79 Å². The van der Waals surface area contributed by atoms with Gasteiger partial charge in [-0.15, -0.1) is 0 Å². The van der Waals surface area contributed by atoms with Crippen LogP contribution in [0.3, 0.4) is 0 Å². The fraction of sp³-hybridized carbons (Fsp3) is 0.217. The Morgan fingerprint density at radius 3 is 2.79 bits per heavy atom. The summed E-state index contributed by atoms with van der Waals surface area (Å²) in [5.74, 6) is -0.193. The first-order chi connectivity index (χ1) is 13.7. The topological polar surface area (TPSA) is 73.0 Å². The molecule has 140 valence electrons. The minimum absolute atomic E-state index is 0.193. The van der Waals surface area contributed by atoms with Gasteiger partial charge in [0.15, 0.2) is 0 Å². The Hall–Kier alpha value is -3.34. The van der Waals surface area contributed by atoms with Crippen molar-refractivity contribution in [2.75, 3.05) is 0 Å². The lowest BCUT2D eigenvalue weighted by Crippen LogP contribution is -2.17. The molecule has 3 N–H and O–H groups in total. The third-order valence-corrected chi connectivity index (χ3v) is 5.66. The van der Waals surface area contributed by atoms with Crippen LogP contribution in [-0.4, -0.2) is 22.1 Å². The number of rotatable bonds is 3. The summed E-state index contributed by atoms with van der Waals surface area (Å²) < 4.78 is 0. The summed E-state index contributed by atoms with van der Waals surface area (Å²) in [6, 6.07) is 13.9.